The molecule has 0 spiro atoms. The Labute approximate surface area is 159 Å². The molecule has 1 atom stereocenters. The maximum atomic E-state index is 14.5. The van der Waals surface area contributed by atoms with Crippen LogP contribution in [0.25, 0.3) is 11.1 Å². The number of amides is 2. The molecule has 2 aromatic rings. The highest BCUT2D eigenvalue weighted by molar-refractivity contribution is 6.35. The van der Waals surface area contributed by atoms with Gasteiger partial charge >= 0.3 is 6.03 Å². The lowest BCUT2D eigenvalue weighted by molar-refractivity contribution is -0.0685. The number of benzene rings is 1. The molecule has 5 nitrogen and oxygen atoms in total. The molecule has 9 heteroatoms. The van der Waals surface area contributed by atoms with Crippen LogP contribution in [0.5, 0.6) is 0 Å². The van der Waals surface area contributed by atoms with Crippen molar-refractivity contribution >= 4 is 29.2 Å². The zero-order valence-electron chi connectivity index (χ0n) is 14.2. The first-order valence-corrected chi connectivity index (χ1v) is 8.46. The zero-order chi connectivity index (χ0) is 19.6. The fraction of sp³-hybridized carbons (Fsp3) is 0.294. The van der Waals surface area contributed by atoms with Crippen LogP contribution in [0.4, 0.5) is 13.6 Å². The molecule has 26 heavy (non-hydrogen) atoms. The van der Waals surface area contributed by atoms with Gasteiger partial charge in [0.15, 0.2) is 0 Å². The quantitative estimate of drug-likeness (QED) is 0.418. The lowest BCUT2D eigenvalue weighted by Gasteiger charge is -2.22. The summed E-state index contributed by atoms with van der Waals surface area (Å²) in [6, 6.07) is 1.55. The summed E-state index contributed by atoms with van der Waals surface area (Å²) in [7, 11) is 0. The Bertz CT molecular complexity index is 834. The van der Waals surface area contributed by atoms with E-state index in [-0.39, 0.29) is 26.9 Å². The summed E-state index contributed by atoms with van der Waals surface area (Å²) in [5.74, 6) is -1.45. The molecule has 140 valence electrons. The second-order valence-electron chi connectivity index (χ2n) is 5.95. The van der Waals surface area contributed by atoms with Crippen LogP contribution in [0, 0.1) is 11.6 Å². The van der Waals surface area contributed by atoms with Gasteiger partial charge in [-0.05, 0) is 39.0 Å². The van der Waals surface area contributed by atoms with Crippen LogP contribution < -0.4 is 5.32 Å². The molecule has 0 bridgehead atoms. The maximum absolute atomic E-state index is 14.5. The molecule has 0 saturated heterocycles. The van der Waals surface area contributed by atoms with E-state index in [9.17, 15) is 18.8 Å². The van der Waals surface area contributed by atoms with Crippen LogP contribution in [0.2, 0.25) is 10.0 Å². The molecule has 0 aliphatic rings. The monoisotopic (exact) mass is 403 g/mol. The summed E-state index contributed by atoms with van der Waals surface area (Å²) >= 11 is 11.7. The van der Waals surface area contributed by atoms with Gasteiger partial charge in [0.05, 0.1) is 22.8 Å². The summed E-state index contributed by atoms with van der Waals surface area (Å²) in [4.78, 5) is 15.8. The Kier molecular flexibility index (Phi) is 6.39. The van der Waals surface area contributed by atoms with Crippen molar-refractivity contribution in [1.82, 2.24) is 15.4 Å². The lowest BCUT2D eigenvalue weighted by Crippen LogP contribution is -2.42. The van der Waals surface area contributed by atoms with Gasteiger partial charge in [-0.25, -0.2) is 18.6 Å². The van der Waals surface area contributed by atoms with Crippen molar-refractivity contribution in [1.29, 1.82) is 0 Å². The molecule has 0 radical (unpaired) electrons. The van der Waals surface area contributed by atoms with Crippen LogP contribution in [0.3, 0.4) is 0 Å². The Morgan fingerprint density at radius 1 is 1.19 bits per heavy atom. The summed E-state index contributed by atoms with van der Waals surface area (Å²) in [5.41, 5.74) is 0.396. The highest BCUT2D eigenvalue weighted by Gasteiger charge is 2.21. The minimum atomic E-state index is -0.809. The van der Waals surface area contributed by atoms with Crippen molar-refractivity contribution in [3.05, 3.63) is 51.8 Å². The first kappa shape index (κ1) is 20.4. The molecule has 2 N–H and O–H groups in total. The number of hydrogen-bond donors (Lipinski definition) is 2. The Morgan fingerprint density at radius 3 is 2.42 bits per heavy atom. The van der Waals surface area contributed by atoms with Crippen molar-refractivity contribution in [2.24, 2.45) is 0 Å². The maximum Gasteiger partial charge on any atom is 0.341 e. The lowest BCUT2D eigenvalue weighted by atomic mass is 10.1. The average molecular weight is 404 g/mol. The van der Waals surface area contributed by atoms with Crippen LogP contribution in [0.15, 0.2) is 24.4 Å². The van der Waals surface area contributed by atoms with Gasteiger partial charge in [-0.3, -0.25) is 10.2 Å². The van der Waals surface area contributed by atoms with Gasteiger partial charge in [0.2, 0.25) is 0 Å². The molecule has 1 aromatic carbocycles. The zero-order valence-corrected chi connectivity index (χ0v) is 15.7. The number of nitrogens with zero attached hydrogens (tertiary/aromatic N) is 2. The number of hydrogen-bond acceptors (Lipinski definition) is 3. The number of carbonyl (C=O) groups is 1. The van der Waals surface area contributed by atoms with Crippen molar-refractivity contribution in [3.8, 4) is 11.1 Å². The summed E-state index contributed by atoms with van der Waals surface area (Å²) in [6.07, 6.45) is 1.30. The van der Waals surface area contributed by atoms with E-state index in [0.29, 0.717) is 5.06 Å². The fourth-order valence-corrected chi connectivity index (χ4v) is 2.66. The average Bonchev–Trinajstić information content (AvgIpc) is 2.56. The van der Waals surface area contributed by atoms with Crippen molar-refractivity contribution in [2.45, 2.75) is 32.9 Å². The second kappa shape index (κ2) is 8.16. The standard InChI is InChI=1S/C17H17Cl2F2N3O2/c1-8(2)24(26)17(25)23-9(3)16-14(21)4-10(7-22-16)12-5-11(18)6-13(20)15(12)19/h4-9,26H,1-3H3,(H,23,25). The van der Waals surface area contributed by atoms with E-state index in [0.717, 1.165) is 12.1 Å². The Hall–Kier alpha value is -1.96. The van der Waals surface area contributed by atoms with E-state index in [2.05, 4.69) is 10.3 Å². The van der Waals surface area contributed by atoms with Gasteiger partial charge in [-0.15, -0.1) is 0 Å². The Morgan fingerprint density at radius 2 is 1.85 bits per heavy atom. The van der Waals surface area contributed by atoms with Gasteiger partial charge < -0.3 is 5.32 Å². The molecule has 2 rings (SSSR count). The van der Waals surface area contributed by atoms with E-state index in [1.165, 1.54) is 19.2 Å². The van der Waals surface area contributed by atoms with E-state index in [4.69, 9.17) is 23.2 Å². The molecule has 1 aromatic heterocycles. The van der Waals surface area contributed by atoms with Gasteiger partial charge in [-0.2, -0.15) is 0 Å². The van der Waals surface area contributed by atoms with E-state index < -0.39 is 29.7 Å². The predicted octanol–water partition coefficient (Wildman–Crippen LogP) is 5.20. The third-order valence-corrected chi connectivity index (χ3v) is 4.22. The van der Waals surface area contributed by atoms with Gasteiger partial charge in [-0.1, -0.05) is 23.2 Å². The summed E-state index contributed by atoms with van der Waals surface area (Å²) < 4.78 is 28.2. The van der Waals surface area contributed by atoms with Crippen molar-refractivity contribution in [3.63, 3.8) is 0 Å². The van der Waals surface area contributed by atoms with Crippen molar-refractivity contribution in [2.75, 3.05) is 0 Å². The second-order valence-corrected chi connectivity index (χ2v) is 6.76. The van der Waals surface area contributed by atoms with Gasteiger partial charge in [0.1, 0.15) is 11.6 Å². The Balaban J connectivity index is 2.29. The molecule has 0 saturated carbocycles. The molecule has 0 aliphatic carbocycles. The van der Waals surface area contributed by atoms with Crippen LogP contribution in [-0.2, 0) is 0 Å². The highest BCUT2D eigenvalue weighted by Crippen LogP contribution is 2.33. The predicted molar refractivity (Wildman–Crippen MR) is 95.3 cm³/mol. The van der Waals surface area contributed by atoms with Crippen molar-refractivity contribution < 1.29 is 18.8 Å². The van der Waals surface area contributed by atoms with Crippen LogP contribution >= 0.6 is 23.2 Å². The van der Waals surface area contributed by atoms with Gasteiger partial charge in [0, 0.05) is 22.3 Å². The minimum Gasteiger partial charge on any atom is -0.328 e. The molecule has 0 aliphatic heterocycles. The third kappa shape index (κ3) is 4.41. The van der Waals surface area contributed by atoms with Crippen LogP contribution in [0.1, 0.15) is 32.5 Å². The summed E-state index contributed by atoms with van der Waals surface area (Å²) in [5, 5.41) is 12.4. The first-order chi connectivity index (χ1) is 12.1. The number of hydroxylamine groups is 2. The number of pyridine rings is 1. The first-order valence-electron chi connectivity index (χ1n) is 7.70. The number of halogens is 4. The number of urea groups is 1. The third-order valence-electron chi connectivity index (χ3n) is 3.62. The van der Waals surface area contributed by atoms with Gasteiger partial charge in [0.25, 0.3) is 0 Å². The molecule has 2 amide bonds. The highest BCUT2D eigenvalue weighted by atomic mass is 35.5. The SMILES string of the molecule is CC(NC(=O)N(O)C(C)C)c1ncc(-c2cc(Cl)cc(F)c2Cl)cc1F. The number of rotatable bonds is 4. The normalized spacial score (nSPS) is 12.2. The van der Waals surface area contributed by atoms with E-state index in [1.807, 2.05) is 0 Å². The number of aromatic nitrogens is 1. The molecular formula is C17H17Cl2F2N3O2. The number of carbonyl (C=O) groups excluding carboxylic acids is 1. The molecule has 1 heterocycles. The molecule has 0 fully saturated rings. The largest absolute Gasteiger partial charge is 0.341 e. The summed E-state index contributed by atoms with van der Waals surface area (Å²) in [6.45, 7) is 4.75. The minimum absolute atomic E-state index is 0.0436. The van der Waals surface area contributed by atoms with Crippen LogP contribution in [-0.4, -0.2) is 27.3 Å². The fourth-order valence-electron chi connectivity index (χ4n) is 2.23. The molecular weight excluding hydrogens is 387 g/mol. The topological polar surface area (TPSA) is 65.5 Å². The van der Waals surface area contributed by atoms with E-state index in [1.54, 1.807) is 13.8 Å². The smallest absolute Gasteiger partial charge is 0.328 e. The van der Waals surface area contributed by atoms with E-state index >= 15 is 0 Å². The number of nitrogens with one attached hydrogen (secondary N) is 1. The molecule has 1 unspecified atom stereocenters.